The van der Waals surface area contributed by atoms with Gasteiger partial charge in [0, 0.05) is 5.56 Å². The van der Waals surface area contributed by atoms with Crippen molar-refractivity contribution < 1.29 is 5.11 Å². The van der Waals surface area contributed by atoms with Gasteiger partial charge in [-0.3, -0.25) is 0 Å². The molecule has 0 aromatic heterocycles. The zero-order valence-electron chi connectivity index (χ0n) is 11.9. The van der Waals surface area contributed by atoms with E-state index in [9.17, 15) is 5.11 Å². The highest BCUT2D eigenvalue weighted by molar-refractivity contribution is 5.54. The first-order valence-corrected chi connectivity index (χ1v) is 6.62. The van der Waals surface area contributed by atoms with Crippen LogP contribution in [-0.4, -0.2) is 5.11 Å². The zero-order chi connectivity index (χ0) is 14.5. The third-order valence-corrected chi connectivity index (χ3v) is 3.09. The summed E-state index contributed by atoms with van der Waals surface area (Å²) in [5.41, 5.74) is 4.78. The fourth-order valence-corrected chi connectivity index (χ4v) is 2.04. The number of phenols is 1. The molecule has 0 radical (unpaired) electrons. The van der Waals surface area contributed by atoms with Crippen molar-refractivity contribution in [1.29, 1.82) is 0 Å². The lowest BCUT2D eigenvalue weighted by Gasteiger charge is -2.06. The van der Waals surface area contributed by atoms with Crippen LogP contribution in [0.3, 0.4) is 0 Å². The molecule has 0 bridgehead atoms. The summed E-state index contributed by atoms with van der Waals surface area (Å²) in [5.74, 6) is 6.40. The fourth-order valence-electron chi connectivity index (χ4n) is 2.04. The Morgan fingerprint density at radius 1 is 1.05 bits per heavy atom. The molecule has 0 aliphatic carbocycles. The minimum Gasteiger partial charge on any atom is -0.506 e. The lowest BCUT2D eigenvalue weighted by atomic mass is 10.0. The molecule has 0 atom stereocenters. The van der Waals surface area contributed by atoms with E-state index in [1.165, 1.54) is 5.56 Å². The van der Waals surface area contributed by atoms with Crippen molar-refractivity contribution >= 4 is 0 Å². The van der Waals surface area contributed by atoms with Crippen molar-refractivity contribution in [3.63, 3.8) is 0 Å². The van der Waals surface area contributed by atoms with Crippen LogP contribution in [-0.2, 0) is 6.42 Å². The van der Waals surface area contributed by atoms with Crippen molar-refractivity contribution in [3.05, 3.63) is 76.9 Å². The lowest BCUT2D eigenvalue weighted by molar-refractivity contribution is 0.468. The quantitative estimate of drug-likeness (QED) is 0.637. The van der Waals surface area contributed by atoms with Crippen molar-refractivity contribution in [3.8, 4) is 17.6 Å². The number of phenolic OH excluding ortho intramolecular Hbond substituents is 1. The van der Waals surface area contributed by atoms with Gasteiger partial charge in [0.25, 0.3) is 0 Å². The molecule has 0 fully saturated rings. The Morgan fingerprint density at radius 3 is 2.40 bits per heavy atom. The first kappa shape index (κ1) is 14.0. The van der Waals surface area contributed by atoms with Gasteiger partial charge in [-0.25, -0.2) is 0 Å². The Morgan fingerprint density at radius 2 is 1.75 bits per heavy atom. The van der Waals surface area contributed by atoms with Gasteiger partial charge in [-0.05, 0) is 49.6 Å². The van der Waals surface area contributed by atoms with Crippen LogP contribution in [0.5, 0.6) is 5.75 Å². The molecule has 1 nitrogen and oxygen atoms in total. The maximum Gasteiger partial charge on any atom is 0.134 e. The van der Waals surface area contributed by atoms with Crippen molar-refractivity contribution in [2.24, 2.45) is 0 Å². The van der Waals surface area contributed by atoms with Gasteiger partial charge in [0.1, 0.15) is 5.75 Å². The van der Waals surface area contributed by atoms with Crippen LogP contribution in [0.4, 0.5) is 0 Å². The van der Waals surface area contributed by atoms with Gasteiger partial charge in [0.2, 0.25) is 0 Å². The molecular formula is C19H18O. The lowest BCUT2D eigenvalue weighted by Crippen LogP contribution is -1.89. The first-order valence-electron chi connectivity index (χ1n) is 6.62. The summed E-state index contributed by atoms with van der Waals surface area (Å²) in [7, 11) is 0. The molecule has 0 spiro atoms. The van der Waals surface area contributed by atoms with E-state index in [4.69, 9.17) is 0 Å². The number of aryl methyl sites for hydroxylation is 2. The Hall–Kier alpha value is -2.46. The molecule has 0 saturated heterocycles. The number of rotatable bonds is 2. The molecule has 0 aliphatic heterocycles. The molecule has 0 amide bonds. The number of hydrogen-bond donors (Lipinski definition) is 1. The second-order valence-corrected chi connectivity index (χ2v) is 4.93. The van der Waals surface area contributed by atoms with Crippen LogP contribution in [0.15, 0.2) is 49.1 Å². The van der Waals surface area contributed by atoms with E-state index in [1.54, 1.807) is 6.08 Å². The third-order valence-electron chi connectivity index (χ3n) is 3.09. The van der Waals surface area contributed by atoms with Crippen LogP contribution in [0, 0.1) is 25.7 Å². The minimum atomic E-state index is 0.259. The summed E-state index contributed by atoms with van der Waals surface area (Å²) in [6, 6.07) is 11.9. The van der Waals surface area contributed by atoms with Crippen LogP contribution < -0.4 is 0 Å². The molecule has 1 N–H and O–H groups in total. The monoisotopic (exact) mass is 262 g/mol. The maximum absolute atomic E-state index is 10.2. The molecular weight excluding hydrogens is 244 g/mol. The molecule has 20 heavy (non-hydrogen) atoms. The Balaban J connectivity index is 2.39. The van der Waals surface area contributed by atoms with E-state index >= 15 is 0 Å². The highest BCUT2D eigenvalue weighted by Crippen LogP contribution is 2.24. The molecule has 2 rings (SSSR count). The standard InChI is InChI=1S/C19H18O/c1-4-5-17-12-15(3)13-18(19(17)20)11-10-16-8-6-14(2)7-9-16/h4,6-9,12-13,20H,1,5H2,2-3H3. The first-order chi connectivity index (χ1) is 9.60. The number of allylic oxidation sites excluding steroid dienone is 1. The van der Waals surface area contributed by atoms with E-state index in [0.717, 1.165) is 16.7 Å². The highest BCUT2D eigenvalue weighted by Gasteiger charge is 2.05. The van der Waals surface area contributed by atoms with Crippen LogP contribution in [0.2, 0.25) is 0 Å². The Bertz CT molecular complexity index is 682. The SMILES string of the molecule is C=CCc1cc(C)cc(C#Cc2ccc(C)cc2)c1O. The van der Waals surface area contributed by atoms with Crippen LogP contribution in [0.25, 0.3) is 0 Å². The minimum absolute atomic E-state index is 0.259. The Labute approximate surface area is 120 Å². The molecule has 100 valence electrons. The third kappa shape index (κ3) is 3.30. The average Bonchev–Trinajstić information content (AvgIpc) is 2.43. The molecule has 0 aliphatic rings. The fraction of sp³-hybridized carbons (Fsp3) is 0.158. The largest absolute Gasteiger partial charge is 0.506 e. The van der Waals surface area contributed by atoms with E-state index in [2.05, 4.69) is 18.4 Å². The van der Waals surface area contributed by atoms with Gasteiger partial charge >= 0.3 is 0 Å². The van der Waals surface area contributed by atoms with Gasteiger partial charge in [0.15, 0.2) is 0 Å². The normalized spacial score (nSPS) is 9.70. The number of benzene rings is 2. The summed E-state index contributed by atoms with van der Waals surface area (Å²) in [6.07, 6.45) is 2.43. The summed E-state index contributed by atoms with van der Waals surface area (Å²) in [5, 5.41) is 10.2. The van der Waals surface area contributed by atoms with E-state index in [1.807, 2.05) is 50.2 Å². The molecule has 0 heterocycles. The summed E-state index contributed by atoms with van der Waals surface area (Å²) in [6.45, 7) is 7.76. The second-order valence-electron chi connectivity index (χ2n) is 4.93. The topological polar surface area (TPSA) is 20.2 Å². The number of hydrogen-bond acceptors (Lipinski definition) is 1. The van der Waals surface area contributed by atoms with E-state index in [-0.39, 0.29) is 5.75 Å². The zero-order valence-corrected chi connectivity index (χ0v) is 11.9. The molecule has 2 aromatic rings. The maximum atomic E-state index is 10.2. The van der Waals surface area contributed by atoms with Crippen LogP contribution >= 0.6 is 0 Å². The molecule has 1 heteroatoms. The predicted molar refractivity (Wildman–Crippen MR) is 83.9 cm³/mol. The Kier molecular flexibility index (Phi) is 4.27. The van der Waals surface area contributed by atoms with E-state index < -0.39 is 0 Å². The summed E-state index contributed by atoms with van der Waals surface area (Å²) >= 11 is 0. The smallest absolute Gasteiger partial charge is 0.134 e. The highest BCUT2D eigenvalue weighted by atomic mass is 16.3. The molecule has 0 unspecified atom stereocenters. The summed E-state index contributed by atoms with van der Waals surface area (Å²) < 4.78 is 0. The van der Waals surface area contributed by atoms with Gasteiger partial charge in [-0.15, -0.1) is 6.58 Å². The van der Waals surface area contributed by atoms with Gasteiger partial charge in [-0.2, -0.15) is 0 Å². The predicted octanol–water partition coefficient (Wildman–Crippen LogP) is 4.14. The number of aromatic hydroxyl groups is 1. The molecule has 2 aromatic carbocycles. The second kappa shape index (κ2) is 6.12. The van der Waals surface area contributed by atoms with Crippen molar-refractivity contribution in [2.75, 3.05) is 0 Å². The van der Waals surface area contributed by atoms with Gasteiger partial charge in [-0.1, -0.05) is 41.7 Å². The van der Waals surface area contributed by atoms with Crippen molar-refractivity contribution in [2.45, 2.75) is 20.3 Å². The van der Waals surface area contributed by atoms with Gasteiger partial charge in [0.05, 0.1) is 5.56 Å². The van der Waals surface area contributed by atoms with Crippen molar-refractivity contribution in [1.82, 2.24) is 0 Å². The van der Waals surface area contributed by atoms with Crippen LogP contribution in [0.1, 0.15) is 27.8 Å². The van der Waals surface area contributed by atoms with E-state index in [0.29, 0.717) is 12.0 Å². The average molecular weight is 262 g/mol. The summed E-state index contributed by atoms with van der Waals surface area (Å²) in [4.78, 5) is 0. The molecule has 0 saturated carbocycles. The van der Waals surface area contributed by atoms with Gasteiger partial charge < -0.3 is 5.11 Å².